The Morgan fingerprint density at radius 3 is 2.50 bits per heavy atom. The summed E-state index contributed by atoms with van der Waals surface area (Å²) >= 11 is 0. The summed E-state index contributed by atoms with van der Waals surface area (Å²) in [5.74, 6) is -0.226. The lowest BCUT2D eigenvalue weighted by Crippen LogP contribution is -2.41. The molecule has 16 heavy (non-hydrogen) atoms. The van der Waals surface area contributed by atoms with Crippen molar-refractivity contribution < 1.29 is 4.39 Å². The van der Waals surface area contributed by atoms with Gasteiger partial charge in [-0.1, -0.05) is 12.8 Å². The van der Waals surface area contributed by atoms with Crippen molar-refractivity contribution in [3.63, 3.8) is 0 Å². The Morgan fingerprint density at radius 2 is 1.94 bits per heavy atom. The van der Waals surface area contributed by atoms with Gasteiger partial charge in [-0.15, -0.1) is 0 Å². The van der Waals surface area contributed by atoms with Crippen molar-refractivity contribution in [2.24, 2.45) is 5.73 Å². The van der Waals surface area contributed by atoms with Gasteiger partial charge in [0.1, 0.15) is 5.82 Å². The first-order chi connectivity index (χ1) is 7.56. The molecule has 1 unspecified atom stereocenters. The van der Waals surface area contributed by atoms with Crippen LogP contribution in [0.3, 0.4) is 0 Å². The van der Waals surface area contributed by atoms with Crippen LogP contribution < -0.4 is 11.5 Å². The van der Waals surface area contributed by atoms with Crippen LogP contribution in [0, 0.1) is 5.82 Å². The molecule has 1 aliphatic rings. The standard InChI is InChI=1S/C13H19FN2/c1-9(15)13(6-2-3-7-13)11-8-10(14)4-5-12(11)16/h4-5,8-9H,2-3,6-7,15-16H2,1H3. The molecule has 4 N–H and O–H groups in total. The maximum absolute atomic E-state index is 13.3. The Morgan fingerprint density at radius 1 is 1.31 bits per heavy atom. The van der Waals surface area contributed by atoms with Crippen molar-refractivity contribution in [1.29, 1.82) is 0 Å². The Balaban J connectivity index is 2.50. The lowest BCUT2D eigenvalue weighted by molar-refractivity contribution is 0.368. The smallest absolute Gasteiger partial charge is 0.123 e. The molecule has 1 aliphatic carbocycles. The van der Waals surface area contributed by atoms with Crippen molar-refractivity contribution in [2.45, 2.75) is 44.1 Å². The van der Waals surface area contributed by atoms with Gasteiger partial charge in [-0.2, -0.15) is 0 Å². The SMILES string of the molecule is CC(N)C1(c2cc(F)ccc2N)CCCC1. The molecular weight excluding hydrogens is 203 g/mol. The molecule has 88 valence electrons. The van der Waals surface area contributed by atoms with Gasteiger partial charge in [0.25, 0.3) is 0 Å². The van der Waals surface area contributed by atoms with E-state index in [1.54, 1.807) is 12.1 Å². The summed E-state index contributed by atoms with van der Waals surface area (Å²) in [6.45, 7) is 2.00. The fourth-order valence-corrected chi connectivity index (χ4v) is 2.94. The fraction of sp³-hybridized carbons (Fsp3) is 0.538. The van der Waals surface area contributed by atoms with Crippen LogP contribution in [0.5, 0.6) is 0 Å². The summed E-state index contributed by atoms with van der Waals surface area (Å²) < 4.78 is 13.3. The van der Waals surface area contributed by atoms with Crippen LogP contribution in [0.1, 0.15) is 38.2 Å². The predicted octanol–water partition coefficient (Wildman–Crippen LogP) is 2.57. The molecule has 2 rings (SSSR count). The van der Waals surface area contributed by atoms with Crippen molar-refractivity contribution in [1.82, 2.24) is 0 Å². The zero-order chi connectivity index (χ0) is 11.8. The van der Waals surface area contributed by atoms with E-state index < -0.39 is 0 Å². The minimum atomic E-state index is -0.226. The predicted molar refractivity (Wildman–Crippen MR) is 64.6 cm³/mol. The van der Waals surface area contributed by atoms with E-state index in [1.165, 1.54) is 6.07 Å². The molecule has 0 saturated heterocycles. The molecule has 0 aliphatic heterocycles. The Bertz CT molecular complexity index is 382. The number of nitrogens with two attached hydrogens (primary N) is 2. The lowest BCUT2D eigenvalue weighted by Gasteiger charge is -2.34. The van der Waals surface area contributed by atoms with Gasteiger partial charge in [0, 0.05) is 17.1 Å². The van der Waals surface area contributed by atoms with E-state index in [0.717, 1.165) is 31.2 Å². The van der Waals surface area contributed by atoms with Crippen LogP contribution in [0.4, 0.5) is 10.1 Å². The Kier molecular flexibility index (Phi) is 2.89. The third-order valence-electron chi connectivity index (χ3n) is 3.92. The number of hydrogen-bond acceptors (Lipinski definition) is 2. The average molecular weight is 222 g/mol. The molecule has 0 spiro atoms. The minimum Gasteiger partial charge on any atom is -0.398 e. The van der Waals surface area contributed by atoms with Gasteiger partial charge in [-0.3, -0.25) is 0 Å². The highest BCUT2D eigenvalue weighted by Gasteiger charge is 2.40. The zero-order valence-electron chi connectivity index (χ0n) is 9.67. The molecule has 1 saturated carbocycles. The topological polar surface area (TPSA) is 52.0 Å². The van der Waals surface area contributed by atoms with Gasteiger partial charge < -0.3 is 11.5 Å². The molecule has 1 aromatic rings. The second kappa shape index (κ2) is 4.06. The van der Waals surface area contributed by atoms with E-state index in [4.69, 9.17) is 11.5 Å². The summed E-state index contributed by atoms with van der Waals surface area (Å²) in [4.78, 5) is 0. The maximum atomic E-state index is 13.3. The van der Waals surface area contributed by atoms with E-state index in [2.05, 4.69) is 0 Å². The fourth-order valence-electron chi connectivity index (χ4n) is 2.94. The lowest BCUT2D eigenvalue weighted by atomic mass is 9.73. The highest BCUT2D eigenvalue weighted by molar-refractivity contribution is 5.52. The summed E-state index contributed by atoms with van der Waals surface area (Å²) in [7, 11) is 0. The molecule has 3 heteroatoms. The first-order valence-corrected chi connectivity index (χ1v) is 5.87. The number of anilines is 1. The molecule has 0 radical (unpaired) electrons. The van der Waals surface area contributed by atoms with Crippen molar-refractivity contribution >= 4 is 5.69 Å². The van der Waals surface area contributed by atoms with Crippen molar-refractivity contribution in [3.05, 3.63) is 29.6 Å². The highest BCUT2D eigenvalue weighted by Crippen LogP contribution is 2.45. The first-order valence-electron chi connectivity index (χ1n) is 5.87. The molecule has 1 aromatic carbocycles. The molecular formula is C13H19FN2. The van der Waals surface area contributed by atoms with E-state index in [9.17, 15) is 4.39 Å². The van der Waals surface area contributed by atoms with Crippen LogP contribution in [0.15, 0.2) is 18.2 Å². The monoisotopic (exact) mass is 222 g/mol. The summed E-state index contributed by atoms with van der Waals surface area (Å²) in [5.41, 5.74) is 13.5. The maximum Gasteiger partial charge on any atom is 0.123 e. The second-order valence-corrected chi connectivity index (χ2v) is 4.88. The van der Waals surface area contributed by atoms with Gasteiger partial charge in [0.2, 0.25) is 0 Å². The first kappa shape index (κ1) is 11.4. The second-order valence-electron chi connectivity index (χ2n) is 4.88. The molecule has 1 fully saturated rings. The molecule has 0 aromatic heterocycles. The molecule has 1 atom stereocenters. The number of rotatable bonds is 2. The largest absolute Gasteiger partial charge is 0.398 e. The Labute approximate surface area is 95.8 Å². The van der Waals surface area contributed by atoms with Crippen LogP contribution in [0.2, 0.25) is 0 Å². The summed E-state index contributed by atoms with van der Waals surface area (Å²) in [5, 5.41) is 0. The summed E-state index contributed by atoms with van der Waals surface area (Å²) in [6, 6.07) is 4.62. The highest BCUT2D eigenvalue weighted by atomic mass is 19.1. The third-order valence-corrected chi connectivity index (χ3v) is 3.92. The van der Waals surface area contributed by atoms with Crippen molar-refractivity contribution in [3.8, 4) is 0 Å². The van der Waals surface area contributed by atoms with Crippen LogP contribution >= 0.6 is 0 Å². The quantitative estimate of drug-likeness (QED) is 0.756. The van der Waals surface area contributed by atoms with Crippen LogP contribution in [0.25, 0.3) is 0 Å². The molecule has 0 amide bonds. The van der Waals surface area contributed by atoms with Gasteiger partial charge in [-0.25, -0.2) is 4.39 Å². The van der Waals surface area contributed by atoms with Crippen molar-refractivity contribution in [2.75, 3.05) is 5.73 Å². The minimum absolute atomic E-state index is 0.0131. The molecule has 0 heterocycles. The van der Waals surface area contributed by atoms with E-state index in [1.807, 2.05) is 6.92 Å². The van der Waals surface area contributed by atoms with Gasteiger partial charge in [0.05, 0.1) is 0 Å². The normalized spacial score (nSPS) is 20.9. The number of hydrogen-bond donors (Lipinski definition) is 2. The van der Waals surface area contributed by atoms with Crippen LogP contribution in [-0.2, 0) is 5.41 Å². The van der Waals surface area contributed by atoms with Gasteiger partial charge in [-0.05, 0) is 43.5 Å². The molecule has 0 bridgehead atoms. The number of benzene rings is 1. The number of halogens is 1. The summed E-state index contributed by atoms with van der Waals surface area (Å²) in [6.07, 6.45) is 4.33. The zero-order valence-corrected chi connectivity index (χ0v) is 9.67. The van der Waals surface area contributed by atoms with Gasteiger partial charge >= 0.3 is 0 Å². The van der Waals surface area contributed by atoms with E-state index >= 15 is 0 Å². The molecule has 2 nitrogen and oxygen atoms in total. The Hall–Kier alpha value is -1.09. The third kappa shape index (κ3) is 1.69. The van der Waals surface area contributed by atoms with E-state index in [-0.39, 0.29) is 17.3 Å². The van der Waals surface area contributed by atoms with Gasteiger partial charge in [0.15, 0.2) is 0 Å². The van der Waals surface area contributed by atoms with Crippen LogP contribution in [-0.4, -0.2) is 6.04 Å². The average Bonchev–Trinajstić information content (AvgIpc) is 2.71. The van der Waals surface area contributed by atoms with E-state index in [0.29, 0.717) is 5.69 Å². The number of nitrogen functional groups attached to an aromatic ring is 1.